The molecule has 1 saturated carbocycles. The average Bonchev–Trinajstić information content (AvgIpc) is 3.14. The highest BCUT2D eigenvalue weighted by molar-refractivity contribution is 9.10. The van der Waals surface area contributed by atoms with Crippen LogP contribution in [0.2, 0.25) is 0 Å². The van der Waals surface area contributed by atoms with Crippen LogP contribution in [-0.2, 0) is 9.84 Å². The molecule has 0 bridgehead atoms. The van der Waals surface area contributed by atoms with Gasteiger partial charge in [-0.15, -0.1) is 0 Å². The van der Waals surface area contributed by atoms with Gasteiger partial charge in [-0.1, -0.05) is 53.4 Å². The van der Waals surface area contributed by atoms with E-state index in [1.54, 1.807) is 24.3 Å². The number of anilines is 1. The third-order valence-corrected chi connectivity index (χ3v) is 7.14. The standard InChI is InChI=1S/C21H21BrN2O3S/c22-16-11-13-18(14-12-16)28(25,26)21-20(23-17-9-5-2-6-10-17)27-19(24-21)15-7-3-1-4-8-15/h1,3-4,7-8,11-14,17,23H,2,5-6,9-10H2. The van der Waals surface area contributed by atoms with Crippen LogP contribution < -0.4 is 5.32 Å². The van der Waals surface area contributed by atoms with E-state index in [1.165, 1.54) is 6.42 Å². The molecule has 3 aromatic rings. The van der Waals surface area contributed by atoms with E-state index >= 15 is 0 Å². The summed E-state index contributed by atoms with van der Waals surface area (Å²) < 4.78 is 33.3. The van der Waals surface area contributed by atoms with Gasteiger partial charge >= 0.3 is 0 Å². The lowest BCUT2D eigenvalue weighted by atomic mass is 9.96. The highest BCUT2D eigenvalue weighted by atomic mass is 79.9. The Morgan fingerprint density at radius 3 is 2.32 bits per heavy atom. The normalized spacial score (nSPS) is 15.5. The molecule has 7 heteroatoms. The van der Waals surface area contributed by atoms with Crippen molar-refractivity contribution in [1.82, 2.24) is 4.98 Å². The van der Waals surface area contributed by atoms with Gasteiger partial charge in [-0.3, -0.25) is 0 Å². The minimum atomic E-state index is -3.81. The average molecular weight is 461 g/mol. The Morgan fingerprint density at radius 2 is 1.64 bits per heavy atom. The second-order valence-corrected chi connectivity index (χ2v) is 9.74. The molecule has 1 fully saturated rings. The van der Waals surface area contributed by atoms with Crippen LogP contribution in [0.15, 0.2) is 73.4 Å². The molecule has 1 heterocycles. The minimum absolute atomic E-state index is 0.0563. The summed E-state index contributed by atoms with van der Waals surface area (Å²) in [7, 11) is -3.81. The topological polar surface area (TPSA) is 72.2 Å². The number of oxazole rings is 1. The lowest BCUT2D eigenvalue weighted by Gasteiger charge is -2.22. The number of nitrogens with zero attached hydrogens (tertiary/aromatic N) is 1. The Morgan fingerprint density at radius 1 is 0.964 bits per heavy atom. The first kappa shape index (κ1) is 19.2. The molecule has 28 heavy (non-hydrogen) atoms. The van der Waals surface area contributed by atoms with E-state index in [0.717, 1.165) is 35.7 Å². The van der Waals surface area contributed by atoms with Crippen molar-refractivity contribution in [3.63, 3.8) is 0 Å². The van der Waals surface area contributed by atoms with E-state index in [1.807, 2.05) is 30.3 Å². The molecule has 0 atom stereocenters. The SMILES string of the molecule is O=S(=O)(c1ccc(Br)cc1)c1nc(-c2ccccc2)oc1NC1CCCCC1. The zero-order valence-corrected chi connectivity index (χ0v) is 17.7. The van der Waals surface area contributed by atoms with Crippen molar-refractivity contribution in [3.05, 3.63) is 59.1 Å². The Bertz CT molecular complexity index is 1040. The van der Waals surface area contributed by atoms with Gasteiger partial charge in [-0.2, -0.15) is 4.98 Å². The van der Waals surface area contributed by atoms with Crippen LogP contribution in [-0.4, -0.2) is 19.4 Å². The summed E-state index contributed by atoms with van der Waals surface area (Å²) in [5, 5.41) is 3.25. The van der Waals surface area contributed by atoms with Crippen LogP contribution in [0, 0.1) is 0 Å². The third-order valence-electron chi connectivity index (χ3n) is 4.94. The van der Waals surface area contributed by atoms with Crippen LogP contribution in [0.1, 0.15) is 32.1 Å². The molecule has 0 spiro atoms. The van der Waals surface area contributed by atoms with Gasteiger partial charge in [0.25, 0.3) is 0 Å². The summed E-state index contributed by atoms with van der Waals surface area (Å²) in [6, 6.07) is 16.1. The highest BCUT2D eigenvalue weighted by Crippen LogP contribution is 2.34. The molecule has 0 aliphatic heterocycles. The Labute approximate surface area is 173 Å². The molecular formula is C21H21BrN2O3S. The molecule has 0 saturated heterocycles. The van der Waals surface area contributed by atoms with E-state index < -0.39 is 9.84 Å². The van der Waals surface area contributed by atoms with E-state index in [-0.39, 0.29) is 21.8 Å². The molecule has 4 rings (SSSR count). The zero-order valence-electron chi connectivity index (χ0n) is 15.3. The van der Waals surface area contributed by atoms with Gasteiger partial charge in [0, 0.05) is 16.1 Å². The van der Waals surface area contributed by atoms with Crippen molar-refractivity contribution < 1.29 is 12.8 Å². The quantitative estimate of drug-likeness (QED) is 0.529. The molecule has 0 unspecified atom stereocenters. The summed E-state index contributed by atoms with van der Waals surface area (Å²) in [5.41, 5.74) is 0.742. The van der Waals surface area contributed by atoms with Crippen LogP contribution in [0.5, 0.6) is 0 Å². The Hall–Kier alpha value is -2.12. The maximum atomic E-state index is 13.3. The number of aromatic nitrogens is 1. The maximum absolute atomic E-state index is 13.3. The number of rotatable bonds is 5. The number of hydrogen-bond donors (Lipinski definition) is 1. The monoisotopic (exact) mass is 460 g/mol. The molecule has 1 N–H and O–H groups in total. The van der Waals surface area contributed by atoms with E-state index in [2.05, 4.69) is 26.2 Å². The predicted octanol–water partition coefficient (Wildman–Crippen LogP) is 5.68. The Kier molecular flexibility index (Phi) is 5.55. The van der Waals surface area contributed by atoms with Gasteiger partial charge in [-0.25, -0.2) is 8.42 Å². The van der Waals surface area contributed by atoms with Crippen molar-refractivity contribution in [2.75, 3.05) is 5.32 Å². The van der Waals surface area contributed by atoms with Crippen molar-refractivity contribution in [2.24, 2.45) is 0 Å². The van der Waals surface area contributed by atoms with Crippen LogP contribution in [0.4, 0.5) is 5.88 Å². The molecular weight excluding hydrogens is 440 g/mol. The first-order chi connectivity index (χ1) is 13.5. The predicted molar refractivity (Wildman–Crippen MR) is 112 cm³/mol. The van der Waals surface area contributed by atoms with Crippen molar-refractivity contribution in [1.29, 1.82) is 0 Å². The summed E-state index contributed by atoms with van der Waals surface area (Å²) in [6.45, 7) is 0. The largest absolute Gasteiger partial charge is 0.419 e. The lowest BCUT2D eigenvalue weighted by molar-refractivity contribution is 0.450. The van der Waals surface area contributed by atoms with Gasteiger partial charge in [-0.05, 0) is 49.2 Å². The number of benzene rings is 2. The first-order valence-corrected chi connectivity index (χ1v) is 11.6. The fourth-order valence-electron chi connectivity index (χ4n) is 3.44. The van der Waals surface area contributed by atoms with Gasteiger partial charge in [0.05, 0.1) is 4.90 Å². The van der Waals surface area contributed by atoms with E-state index in [0.29, 0.717) is 5.89 Å². The molecule has 1 aliphatic rings. The molecule has 5 nitrogen and oxygen atoms in total. The number of hydrogen-bond acceptors (Lipinski definition) is 5. The molecule has 2 aromatic carbocycles. The summed E-state index contributed by atoms with van der Waals surface area (Å²) in [5.74, 6) is 0.531. The summed E-state index contributed by atoms with van der Waals surface area (Å²) in [4.78, 5) is 4.58. The van der Waals surface area contributed by atoms with Crippen LogP contribution >= 0.6 is 15.9 Å². The minimum Gasteiger partial charge on any atom is -0.419 e. The fourth-order valence-corrected chi connectivity index (χ4v) is 4.97. The maximum Gasteiger partial charge on any atom is 0.234 e. The van der Waals surface area contributed by atoms with Gasteiger partial charge < -0.3 is 9.73 Å². The number of sulfone groups is 1. The first-order valence-electron chi connectivity index (χ1n) is 9.37. The van der Waals surface area contributed by atoms with E-state index in [9.17, 15) is 8.42 Å². The smallest absolute Gasteiger partial charge is 0.234 e. The molecule has 0 amide bonds. The lowest BCUT2D eigenvalue weighted by Crippen LogP contribution is -2.23. The summed E-state index contributed by atoms with van der Waals surface area (Å²) >= 11 is 3.34. The summed E-state index contributed by atoms with van der Waals surface area (Å²) in [6.07, 6.45) is 5.48. The second-order valence-electron chi connectivity index (χ2n) is 6.96. The fraction of sp³-hybridized carbons (Fsp3) is 0.286. The van der Waals surface area contributed by atoms with Gasteiger partial charge in [0.1, 0.15) is 0 Å². The van der Waals surface area contributed by atoms with Gasteiger partial charge in [0.2, 0.25) is 26.6 Å². The van der Waals surface area contributed by atoms with Crippen molar-refractivity contribution >= 4 is 31.7 Å². The second kappa shape index (κ2) is 8.09. The third kappa shape index (κ3) is 4.00. The zero-order chi connectivity index (χ0) is 19.6. The van der Waals surface area contributed by atoms with Crippen molar-refractivity contribution in [3.8, 4) is 11.5 Å². The van der Waals surface area contributed by atoms with Crippen LogP contribution in [0.3, 0.4) is 0 Å². The van der Waals surface area contributed by atoms with Gasteiger partial charge in [0.15, 0.2) is 0 Å². The molecule has 1 aliphatic carbocycles. The number of halogens is 1. The molecule has 146 valence electrons. The Balaban J connectivity index is 1.77. The van der Waals surface area contributed by atoms with Crippen LogP contribution in [0.25, 0.3) is 11.5 Å². The highest BCUT2D eigenvalue weighted by Gasteiger charge is 2.30. The van der Waals surface area contributed by atoms with Crippen molar-refractivity contribution in [2.45, 2.75) is 48.1 Å². The van der Waals surface area contributed by atoms with E-state index in [4.69, 9.17) is 4.42 Å². The number of nitrogens with one attached hydrogen (secondary N) is 1. The molecule has 1 aromatic heterocycles. The molecule has 0 radical (unpaired) electrons.